The molecular weight excluding hydrogens is 303 g/mol. The number of hydrogen-bond acceptors (Lipinski definition) is 3. The number of amides is 1. The molecule has 1 amide bonds. The van der Waals surface area contributed by atoms with Gasteiger partial charge >= 0.3 is 5.51 Å². The monoisotopic (exact) mass is 321 g/mol. The Morgan fingerprint density at radius 3 is 2.29 bits per heavy atom. The van der Waals surface area contributed by atoms with E-state index in [1.807, 2.05) is 0 Å². The van der Waals surface area contributed by atoms with Crippen molar-refractivity contribution in [2.24, 2.45) is 0 Å². The Hall–Kier alpha value is -1.21. The highest BCUT2D eigenvalue weighted by atomic mass is 32.2. The van der Waals surface area contributed by atoms with Crippen molar-refractivity contribution in [1.82, 2.24) is 5.32 Å². The number of thioether (sulfide) groups is 1. The molecule has 0 heterocycles. The molecule has 0 unspecified atom stereocenters. The van der Waals surface area contributed by atoms with Crippen molar-refractivity contribution < 1.29 is 23.1 Å². The zero-order valence-electron chi connectivity index (χ0n) is 11.8. The summed E-state index contributed by atoms with van der Waals surface area (Å²) >= 11 is -0.319. The van der Waals surface area contributed by atoms with Crippen molar-refractivity contribution in [3.63, 3.8) is 0 Å². The van der Waals surface area contributed by atoms with Crippen LogP contribution in [0.3, 0.4) is 0 Å². The molecule has 2 N–H and O–H groups in total. The number of benzene rings is 1. The van der Waals surface area contributed by atoms with Crippen molar-refractivity contribution in [1.29, 1.82) is 0 Å². The minimum absolute atomic E-state index is 0.0421. The van der Waals surface area contributed by atoms with Gasteiger partial charge in [0.05, 0.1) is 17.7 Å². The summed E-state index contributed by atoms with van der Waals surface area (Å²) in [4.78, 5) is 12.1. The molecule has 7 heteroatoms. The third-order valence-electron chi connectivity index (χ3n) is 3.39. The molecule has 0 aliphatic carbocycles. The maximum absolute atomic E-state index is 12.5. The van der Waals surface area contributed by atoms with Crippen LogP contribution in [0.15, 0.2) is 29.2 Å². The average Bonchev–Trinajstić information content (AvgIpc) is 2.43. The number of carbonyl (C=O) groups is 1. The molecule has 1 rings (SSSR count). The maximum atomic E-state index is 12.5. The second-order valence-corrected chi connectivity index (χ2v) is 5.75. The van der Waals surface area contributed by atoms with Crippen LogP contribution in [0.1, 0.15) is 37.0 Å². The zero-order valence-corrected chi connectivity index (χ0v) is 12.6. The second-order valence-electron chi connectivity index (χ2n) is 4.64. The van der Waals surface area contributed by atoms with Crippen molar-refractivity contribution in [3.05, 3.63) is 29.8 Å². The second kappa shape index (κ2) is 7.17. The van der Waals surface area contributed by atoms with Crippen LogP contribution in [0.2, 0.25) is 0 Å². The van der Waals surface area contributed by atoms with Gasteiger partial charge in [0.2, 0.25) is 0 Å². The Morgan fingerprint density at radius 1 is 1.24 bits per heavy atom. The third-order valence-corrected chi connectivity index (χ3v) is 4.20. The minimum atomic E-state index is -4.46. The number of hydrogen-bond donors (Lipinski definition) is 2. The van der Waals surface area contributed by atoms with Gasteiger partial charge < -0.3 is 10.4 Å². The number of halogens is 3. The van der Waals surface area contributed by atoms with E-state index in [4.69, 9.17) is 0 Å². The van der Waals surface area contributed by atoms with Gasteiger partial charge in [-0.2, -0.15) is 13.2 Å². The predicted molar refractivity (Wildman–Crippen MR) is 76.2 cm³/mol. The summed E-state index contributed by atoms with van der Waals surface area (Å²) < 4.78 is 37.5. The van der Waals surface area contributed by atoms with E-state index in [1.54, 1.807) is 13.8 Å². The van der Waals surface area contributed by atoms with Gasteiger partial charge in [-0.25, -0.2) is 0 Å². The van der Waals surface area contributed by atoms with Gasteiger partial charge in [0.1, 0.15) is 0 Å². The Morgan fingerprint density at radius 2 is 1.81 bits per heavy atom. The molecule has 21 heavy (non-hydrogen) atoms. The molecule has 0 radical (unpaired) electrons. The molecule has 0 spiro atoms. The molecule has 1 aromatic carbocycles. The molecule has 0 aromatic heterocycles. The van der Waals surface area contributed by atoms with E-state index < -0.39 is 17.0 Å². The lowest BCUT2D eigenvalue weighted by molar-refractivity contribution is -0.0328. The summed E-state index contributed by atoms with van der Waals surface area (Å²) in [7, 11) is 0. The summed E-state index contributed by atoms with van der Waals surface area (Å²) in [6, 6.07) is 5.56. The van der Waals surface area contributed by atoms with Crippen LogP contribution < -0.4 is 5.32 Å². The Kier molecular flexibility index (Phi) is 6.10. The van der Waals surface area contributed by atoms with Crippen LogP contribution in [0.25, 0.3) is 0 Å². The van der Waals surface area contributed by atoms with E-state index in [9.17, 15) is 23.1 Å². The molecule has 3 nitrogen and oxygen atoms in total. The third kappa shape index (κ3) is 4.93. The first kappa shape index (κ1) is 17.8. The van der Waals surface area contributed by atoms with Crippen LogP contribution >= 0.6 is 11.8 Å². The number of carbonyl (C=O) groups excluding carboxylic acids is 1. The maximum Gasteiger partial charge on any atom is 0.446 e. The summed E-state index contributed by atoms with van der Waals surface area (Å²) in [6.45, 7) is 3.34. The fraction of sp³-hybridized carbons (Fsp3) is 0.500. The van der Waals surface area contributed by atoms with E-state index in [2.05, 4.69) is 5.32 Å². The first-order valence-corrected chi connectivity index (χ1v) is 7.36. The Labute approximate surface area is 125 Å². The van der Waals surface area contributed by atoms with Gasteiger partial charge in [0.15, 0.2) is 0 Å². The summed E-state index contributed by atoms with van der Waals surface area (Å²) in [5.74, 6) is -0.611. The highest BCUT2D eigenvalue weighted by Gasteiger charge is 2.33. The first-order chi connectivity index (χ1) is 9.77. The number of aliphatic hydroxyl groups is 1. The fourth-order valence-corrected chi connectivity index (χ4v) is 2.53. The first-order valence-electron chi connectivity index (χ1n) is 6.55. The largest absolute Gasteiger partial charge is 0.446 e. The topological polar surface area (TPSA) is 49.3 Å². The number of nitrogens with one attached hydrogen (secondary N) is 1. The zero-order chi connectivity index (χ0) is 16.1. The van der Waals surface area contributed by atoms with Gasteiger partial charge in [0.25, 0.3) is 5.91 Å². The predicted octanol–water partition coefficient (Wildman–Crippen LogP) is 3.58. The molecule has 0 saturated heterocycles. The summed E-state index contributed by atoms with van der Waals surface area (Å²) in [5, 5.41) is 12.1. The van der Waals surface area contributed by atoms with Crippen LogP contribution in [0, 0.1) is 0 Å². The summed E-state index contributed by atoms with van der Waals surface area (Å²) in [5.41, 5.74) is -5.31. The Balaban J connectivity index is 3.03. The van der Waals surface area contributed by atoms with E-state index in [0.717, 1.165) is 0 Å². The minimum Gasteiger partial charge on any atom is -0.394 e. The van der Waals surface area contributed by atoms with Gasteiger partial charge in [-0.3, -0.25) is 4.79 Å². The average molecular weight is 321 g/mol. The van der Waals surface area contributed by atoms with Crippen molar-refractivity contribution in [3.8, 4) is 0 Å². The molecule has 0 saturated carbocycles. The van der Waals surface area contributed by atoms with Crippen LogP contribution in [0.4, 0.5) is 13.2 Å². The lowest BCUT2D eigenvalue weighted by Crippen LogP contribution is -2.50. The van der Waals surface area contributed by atoms with E-state index in [-0.39, 0.29) is 28.8 Å². The highest BCUT2D eigenvalue weighted by molar-refractivity contribution is 8.00. The number of aliphatic hydroxyl groups excluding tert-OH is 1. The summed E-state index contributed by atoms with van der Waals surface area (Å²) in [6.07, 6.45) is 0.973. The number of alkyl halides is 3. The molecule has 0 aliphatic heterocycles. The van der Waals surface area contributed by atoms with Gasteiger partial charge in [-0.1, -0.05) is 26.0 Å². The molecule has 0 atom stereocenters. The highest BCUT2D eigenvalue weighted by Crippen LogP contribution is 2.38. The molecular formula is C14H18F3NO2S. The van der Waals surface area contributed by atoms with Crippen molar-refractivity contribution in [2.45, 2.75) is 42.6 Å². The van der Waals surface area contributed by atoms with Gasteiger partial charge in [-0.15, -0.1) is 0 Å². The molecule has 0 bridgehead atoms. The van der Waals surface area contributed by atoms with E-state index in [0.29, 0.717) is 12.8 Å². The quantitative estimate of drug-likeness (QED) is 0.787. The Bertz CT molecular complexity index is 479. The van der Waals surface area contributed by atoms with Crippen molar-refractivity contribution in [2.75, 3.05) is 6.61 Å². The standard InChI is InChI=1S/C14H18F3NO2S/c1-3-13(4-2,9-19)18-12(20)10-7-5-6-8-11(10)21-14(15,16)17/h5-8,19H,3-4,9H2,1-2H3,(H,18,20). The lowest BCUT2D eigenvalue weighted by Gasteiger charge is -2.31. The SMILES string of the molecule is CCC(CC)(CO)NC(=O)c1ccccc1SC(F)(F)F. The van der Waals surface area contributed by atoms with Gasteiger partial charge in [0, 0.05) is 4.90 Å². The van der Waals surface area contributed by atoms with Crippen LogP contribution in [-0.4, -0.2) is 28.7 Å². The smallest absolute Gasteiger partial charge is 0.394 e. The van der Waals surface area contributed by atoms with E-state index in [1.165, 1.54) is 24.3 Å². The number of rotatable bonds is 6. The lowest BCUT2D eigenvalue weighted by atomic mass is 9.93. The van der Waals surface area contributed by atoms with Crippen molar-refractivity contribution >= 4 is 17.7 Å². The molecule has 0 fully saturated rings. The van der Waals surface area contributed by atoms with E-state index >= 15 is 0 Å². The van der Waals surface area contributed by atoms with Crippen LogP contribution in [0.5, 0.6) is 0 Å². The molecule has 0 aliphatic rings. The van der Waals surface area contributed by atoms with Gasteiger partial charge in [-0.05, 0) is 36.7 Å². The van der Waals surface area contributed by atoms with Crippen LogP contribution in [-0.2, 0) is 0 Å². The molecule has 118 valence electrons. The molecule has 1 aromatic rings. The normalized spacial score (nSPS) is 12.3. The fourth-order valence-electron chi connectivity index (χ4n) is 1.87.